The van der Waals surface area contributed by atoms with Gasteiger partial charge in [0.05, 0.1) is 6.04 Å². The van der Waals surface area contributed by atoms with Crippen LogP contribution in [0.4, 0.5) is 8.78 Å². The third-order valence-electron chi connectivity index (χ3n) is 3.51. The maximum Gasteiger partial charge on any atom is 0.157 e. The van der Waals surface area contributed by atoms with E-state index >= 15 is 0 Å². The van der Waals surface area contributed by atoms with E-state index in [1.165, 1.54) is 23.9 Å². The van der Waals surface area contributed by atoms with E-state index in [2.05, 4.69) is 10.3 Å². The summed E-state index contributed by atoms with van der Waals surface area (Å²) in [7, 11) is 0. The molecule has 2 atom stereocenters. The van der Waals surface area contributed by atoms with Crippen LogP contribution in [0.15, 0.2) is 53.5 Å². The molecule has 2 aromatic carbocycles. The lowest BCUT2D eigenvalue weighted by Crippen LogP contribution is -2.23. The summed E-state index contributed by atoms with van der Waals surface area (Å²) >= 11 is 1.43. The number of amidine groups is 1. The molecule has 2 nitrogen and oxygen atoms in total. The zero-order valence-electron chi connectivity index (χ0n) is 11.4. The Kier molecular flexibility index (Phi) is 3.92. The van der Waals surface area contributed by atoms with E-state index in [1.54, 1.807) is 36.4 Å². The minimum absolute atomic E-state index is 0.311. The van der Waals surface area contributed by atoms with Crippen molar-refractivity contribution in [2.45, 2.75) is 12.1 Å². The highest BCUT2D eigenvalue weighted by Crippen LogP contribution is 2.39. The molecule has 0 radical (unpaired) electrons. The van der Waals surface area contributed by atoms with Gasteiger partial charge in [-0.25, -0.2) is 8.78 Å². The molecule has 0 aromatic heterocycles. The molecule has 108 valence electrons. The molecule has 0 aliphatic carbocycles. The number of hydrogen-bond donors (Lipinski definition) is 1. The zero-order valence-corrected chi connectivity index (χ0v) is 12.2. The number of hydrogen-bond acceptors (Lipinski definition) is 3. The monoisotopic (exact) mass is 304 g/mol. The average Bonchev–Trinajstić information content (AvgIpc) is 2.92. The van der Waals surface area contributed by atoms with E-state index in [9.17, 15) is 8.78 Å². The number of halogens is 2. The van der Waals surface area contributed by atoms with Crippen molar-refractivity contribution in [2.24, 2.45) is 4.99 Å². The molecule has 2 aromatic rings. The SMILES string of the molecule is CSC1=NC(c2ccccc2F)C(c2ccccc2F)N1. The fourth-order valence-electron chi connectivity index (χ4n) is 2.50. The molecular formula is C16H14F2N2S. The molecule has 1 aliphatic rings. The van der Waals surface area contributed by atoms with E-state index in [0.29, 0.717) is 16.3 Å². The molecule has 0 fully saturated rings. The first-order valence-electron chi connectivity index (χ1n) is 6.58. The largest absolute Gasteiger partial charge is 0.355 e. The Morgan fingerprint density at radius 1 is 0.952 bits per heavy atom. The van der Waals surface area contributed by atoms with E-state index < -0.39 is 12.1 Å². The molecule has 1 aliphatic heterocycles. The molecule has 0 bridgehead atoms. The highest BCUT2D eigenvalue weighted by Gasteiger charge is 2.34. The van der Waals surface area contributed by atoms with Crippen molar-refractivity contribution in [2.75, 3.05) is 6.26 Å². The second kappa shape index (κ2) is 5.85. The van der Waals surface area contributed by atoms with Crippen LogP contribution in [-0.4, -0.2) is 11.4 Å². The van der Waals surface area contributed by atoms with Crippen LogP contribution in [0, 0.1) is 11.6 Å². The quantitative estimate of drug-likeness (QED) is 0.904. The summed E-state index contributed by atoms with van der Waals surface area (Å²) in [6.07, 6.45) is 1.88. The Bertz CT molecular complexity index is 687. The lowest BCUT2D eigenvalue weighted by Gasteiger charge is -2.20. The van der Waals surface area contributed by atoms with Gasteiger partial charge in [0, 0.05) is 11.1 Å². The predicted octanol–water partition coefficient (Wildman–Crippen LogP) is 4.07. The zero-order chi connectivity index (χ0) is 14.8. The molecular weight excluding hydrogens is 290 g/mol. The second-order valence-corrected chi connectivity index (χ2v) is 5.54. The van der Waals surface area contributed by atoms with Crippen LogP contribution in [0.2, 0.25) is 0 Å². The summed E-state index contributed by atoms with van der Waals surface area (Å²) in [6.45, 7) is 0. The van der Waals surface area contributed by atoms with Gasteiger partial charge in [0.2, 0.25) is 0 Å². The minimum Gasteiger partial charge on any atom is -0.355 e. The average molecular weight is 304 g/mol. The van der Waals surface area contributed by atoms with Crippen LogP contribution >= 0.6 is 11.8 Å². The highest BCUT2D eigenvalue weighted by molar-refractivity contribution is 8.13. The maximum atomic E-state index is 14.1. The molecule has 0 saturated heterocycles. The number of benzene rings is 2. The number of nitrogens with zero attached hydrogens (tertiary/aromatic N) is 1. The third-order valence-corrected chi connectivity index (χ3v) is 4.12. The first kappa shape index (κ1) is 14.1. The standard InChI is InChI=1S/C16H14F2N2S/c1-21-16-19-14(10-6-2-4-8-12(10)17)15(20-16)11-7-3-5-9-13(11)18/h2-9,14-15H,1H3,(H,19,20). The lowest BCUT2D eigenvalue weighted by atomic mass is 9.94. The summed E-state index contributed by atoms with van der Waals surface area (Å²) in [5.74, 6) is -0.634. The minimum atomic E-state index is -0.467. The number of aliphatic imine (C=N–C) groups is 1. The summed E-state index contributed by atoms with van der Waals surface area (Å²) in [4.78, 5) is 4.50. The first-order chi connectivity index (χ1) is 10.2. The molecule has 5 heteroatoms. The Hall–Kier alpha value is -1.88. The van der Waals surface area contributed by atoms with Gasteiger partial charge < -0.3 is 5.32 Å². The van der Waals surface area contributed by atoms with Gasteiger partial charge >= 0.3 is 0 Å². The highest BCUT2D eigenvalue weighted by atomic mass is 32.2. The summed E-state index contributed by atoms with van der Waals surface area (Å²) in [6, 6.07) is 12.2. The van der Waals surface area contributed by atoms with Gasteiger partial charge in [0.15, 0.2) is 5.17 Å². The predicted molar refractivity (Wildman–Crippen MR) is 82.4 cm³/mol. The molecule has 0 saturated carbocycles. The van der Waals surface area contributed by atoms with Crippen molar-refractivity contribution in [3.05, 3.63) is 71.3 Å². The van der Waals surface area contributed by atoms with Gasteiger partial charge in [-0.15, -0.1) is 0 Å². The Balaban J connectivity index is 2.05. The number of rotatable bonds is 2. The maximum absolute atomic E-state index is 14.1. The van der Waals surface area contributed by atoms with Crippen LogP contribution in [0.5, 0.6) is 0 Å². The molecule has 1 N–H and O–H groups in total. The topological polar surface area (TPSA) is 24.4 Å². The van der Waals surface area contributed by atoms with Gasteiger partial charge in [-0.05, 0) is 18.4 Å². The van der Waals surface area contributed by atoms with Gasteiger partial charge in [0.1, 0.15) is 17.7 Å². The molecule has 21 heavy (non-hydrogen) atoms. The van der Waals surface area contributed by atoms with Crippen LogP contribution in [0.3, 0.4) is 0 Å². The van der Waals surface area contributed by atoms with E-state index in [0.717, 1.165) is 0 Å². The van der Waals surface area contributed by atoms with Crippen LogP contribution in [0.25, 0.3) is 0 Å². The summed E-state index contributed by atoms with van der Waals surface area (Å²) in [5.41, 5.74) is 0.973. The van der Waals surface area contributed by atoms with Gasteiger partial charge in [-0.1, -0.05) is 48.2 Å². The number of thioether (sulfide) groups is 1. The Labute approximate surface area is 126 Å². The van der Waals surface area contributed by atoms with Gasteiger partial charge in [0.25, 0.3) is 0 Å². The van der Waals surface area contributed by atoms with Gasteiger partial charge in [-0.3, -0.25) is 4.99 Å². The van der Waals surface area contributed by atoms with Gasteiger partial charge in [-0.2, -0.15) is 0 Å². The van der Waals surface area contributed by atoms with Crippen molar-refractivity contribution in [1.82, 2.24) is 5.32 Å². The first-order valence-corrected chi connectivity index (χ1v) is 7.80. The molecule has 2 unspecified atom stereocenters. The van der Waals surface area contributed by atoms with Crippen molar-refractivity contribution in [3.63, 3.8) is 0 Å². The van der Waals surface area contributed by atoms with Crippen LogP contribution in [0.1, 0.15) is 23.2 Å². The Morgan fingerprint density at radius 3 is 2.10 bits per heavy atom. The molecule has 1 heterocycles. The normalized spacial score (nSPS) is 21.0. The second-order valence-electron chi connectivity index (χ2n) is 4.75. The smallest absolute Gasteiger partial charge is 0.157 e. The van der Waals surface area contributed by atoms with Crippen molar-refractivity contribution in [3.8, 4) is 0 Å². The van der Waals surface area contributed by atoms with Crippen molar-refractivity contribution < 1.29 is 8.78 Å². The van der Waals surface area contributed by atoms with Crippen LogP contribution < -0.4 is 5.32 Å². The molecule has 0 amide bonds. The van der Waals surface area contributed by atoms with Crippen LogP contribution in [-0.2, 0) is 0 Å². The molecule has 3 rings (SSSR count). The lowest BCUT2D eigenvalue weighted by molar-refractivity contribution is 0.502. The van der Waals surface area contributed by atoms with Crippen molar-refractivity contribution in [1.29, 1.82) is 0 Å². The van der Waals surface area contributed by atoms with E-state index in [1.807, 2.05) is 6.26 Å². The fraction of sp³-hybridized carbons (Fsp3) is 0.188. The van der Waals surface area contributed by atoms with E-state index in [4.69, 9.17) is 0 Å². The third kappa shape index (κ3) is 2.65. The fourth-order valence-corrected chi connectivity index (χ4v) is 2.96. The Morgan fingerprint density at radius 2 is 1.52 bits per heavy atom. The van der Waals surface area contributed by atoms with Crippen molar-refractivity contribution >= 4 is 16.9 Å². The molecule has 0 spiro atoms. The summed E-state index contributed by atoms with van der Waals surface area (Å²) in [5, 5.41) is 3.87. The number of nitrogens with one attached hydrogen (secondary N) is 1. The van der Waals surface area contributed by atoms with E-state index in [-0.39, 0.29) is 11.6 Å². The summed E-state index contributed by atoms with van der Waals surface area (Å²) < 4.78 is 28.1.